The lowest BCUT2D eigenvalue weighted by Gasteiger charge is -2.21. The van der Waals surface area contributed by atoms with Crippen LogP contribution in [0.1, 0.15) is 38.5 Å². The van der Waals surface area contributed by atoms with Crippen LogP contribution in [0.5, 0.6) is 0 Å². The van der Waals surface area contributed by atoms with E-state index in [4.69, 9.17) is 0 Å². The molecule has 0 radical (unpaired) electrons. The number of rotatable bonds is 4. The van der Waals surface area contributed by atoms with Gasteiger partial charge in [0.1, 0.15) is 5.82 Å². The first kappa shape index (κ1) is 11.4. The highest BCUT2D eigenvalue weighted by molar-refractivity contribution is 5.33. The number of hydrogen-bond donors (Lipinski definition) is 1. The van der Waals surface area contributed by atoms with Gasteiger partial charge in [0.2, 0.25) is 5.95 Å². The van der Waals surface area contributed by atoms with Gasteiger partial charge in [-0.15, -0.1) is 0 Å². The predicted octanol–water partition coefficient (Wildman–Crippen LogP) is 3.60. The molecule has 0 spiro atoms. The molecule has 16 heavy (non-hydrogen) atoms. The van der Waals surface area contributed by atoms with Crippen LogP contribution < -0.4 is 5.32 Å². The highest BCUT2D eigenvalue weighted by Gasteiger charge is 2.12. The molecule has 2 rings (SSSR count). The zero-order valence-corrected chi connectivity index (χ0v) is 9.58. The molecule has 1 heterocycles. The summed E-state index contributed by atoms with van der Waals surface area (Å²) in [6, 6.07) is 4.86. The third kappa shape index (κ3) is 3.47. The largest absolute Gasteiger partial charge is 0.370 e. The number of pyridine rings is 1. The highest BCUT2D eigenvalue weighted by atomic mass is 19.1. The molecule has 0 aliphatic heterocycles. The van der Waals surface area contributed by atoms with Crippen molar-refractivity contribution in [3.8, 4) is 0 Å². The molecule has 1 fully saturated rings. The quantitative estimate of drug-likeness (QED) is 0.787. The summed E-state index contributed by atoms with van der Waals surface area (Å²) in [4.78, 5) is 3.78. The van der Waals surface area contributed by atoms with Crippen molar-refractivity contribution in [1.29, 1.82) is 0 Å². The normalized spacial score (nSPS) is 17.3. The van der Waals surface area contributed by atoms with Gasteiger partial charge < -0.3 is 5.32 Å². The molecule has 2 nitrogen and oxygen atoms in total. The Balaban J connectivity index is 1.71. The molecule has 1 saturated carbocycles. The Morgan fingerprint density at radius 2 is 2.06 bits per heavy atom. The van der Waals surface area contributed by atoms with E-state index in [2.05, 4.69) is 10.3 Å². The molecule has 0 amide bonds. The minimum absolute atomic E-state index is 0.414. The van der Waals surface area contributed by atoms with Gasteiger partial charge in [-0.3, -0.25) is 0 Å². The number of anilines is 1. The van der Waals surface area contributed by atoms with Gasteiger partial charge in [-0.2, -0.15) is 4.39 Å². The monoisotopic (exact) mass is 222 g/mol. The predicted molar refractivity (Wildman–Crippen MR) is 63.9 cm³/mol. The van der Waals surface area contributed by atoms with Crippen LogP contribution in [0.3, 0.4) is 0 Å². The maximum atomic E-state index is 12.8. The lowest BCUT2D eigenvalue weighted by atomic mass is 9.87. The van der Waals surface area contributed by atoms with Crippen molar-refractivity contribution in [3.05, 3.63) is 24.1 Å². The van der Waals surface area contributed by atoms with E-state index >= 15 is 0 Å². The molecular weight excluding hydrogens is 203 g/mol. The highest BCUT2D eigenvalue weighted by Crippen LogP contribution is 2.26. The molecule has 1 aliphatic carbocycles. The van der Waals surface area contributed by atoms with Gasteiger partial charge in [0.05, 0.1) is 0 Å². The molecule has 0 aromatic carbocycles. The van der Waals surface area contributed by atoms with Crippen LogP contribution in [-0.2, 0) is 0 Å². The Labute approximate surface area is 96.3 Å². The van der Waals surface area contributed by atoms with E-state index in [1.165, 1.54) is 44.6 Å². The molecule has 1 N–H and O–H groups in total. The van der Waals surface area contributed by atoms with E-state index < -0.39 is 5.95 Å². The minimum Gasteiger partial charge on any atom is -0.370 e. The molecule has 0 atom stereocenters. The van der Waals surface area contributed by atoms with Crippen molar-refractivity contribution in [2.24, 2.45) is 5.92 Å². The van der Waals surface area contributed by atoms with Crippen LogP contribution >= 0.6 is 0 Å². The van der Waals surface area contributed by atoms with Gasteiger partial charge in [-0.25, -0.2) is 4.98 Å². The third-order valence-electron chi connectivity index (χ3n) is 3.30. The summed E-state index contributed by atoms with van der Waals surface area (Å²) < 4.78 is 12.8. The average molecular weight is 222 g/mol. The van der Waals surface area contributed by atoms with Crippen LogP contribution in [-0.4, -0.2) is 11.5 Å². The maximum Gasteiger partial charge on any atom is 0.214 e. The second-order valence-electron chi connectivity index (χ2n) is 4.57. The minimum atomic E-state index is -0.414. The molecule has 0 bridgehead atoms. The van der Waals surface area contributed by atoms with Gasteiger partial charge in [-0.05, 0) is 24.5 Å². The number of aromatic nitrogens is 1. The third-order valence-corrected chi connectivity index (χ3v) is 3.30. The number of halogens is 1. The van der Waals surface area contributed by atoms with E-state index in [9.17, 15) is 4.39 Å². The molecular formula is C13H19FN2. The van der Waals surface area contributed by atoms with E-state index in [0.717, 1.165) is 12.5 Å². The lowest BCUT2D eigenvalue weighted by molar-refractivity contribution is 0.345. The second-order valence-corrected chi connectivity index (χ2v) is 4.57. The molecule has 0 saturated heterocycles. The van der Waals surface area contributed by atoms with E-state index in [-0.39, 0.29) is 0 Å². The van der Waals surface area contributed by atoms with Crippen LogP contribution in [0.25, 0.3) is 0 Å². The Morgan fingerprint density at radius 3 is 2.81 bits per heavy atom. The van der Waals surface area contributed by atoms with Crippen molar-refractivity contribution >= 4 is 5.82 Å². The average Bonchev–Trinajstić information content (AvgIpc) is 2.30. The van der Waals surface area contributed by atoms with Crippen molar-refractivity contribution in [3.63, 3.8) is 0 Å². The molecule has 1 aromatic heterocycles. The summed E-state index contributed by atoms with van der Waals surface area (Å²) in [7, 11) is 0. The van der Waals surface area contributed by atoms with Gasteiger partial charge in [0.15, 0.2) is 0 Å². The SMILES string of the molecule is Fc1cccc(NCCC2CCCCC2)n1. The fourth-order valence-corrected chi connectivity index (χ4v) is 2.39. The Morgan fingerprint density at radius 1 is 1.25 bits per heavy atom. The van der Waals surface area contributed by atoms with Crippen LogP contribution in [0.2, 0.25) is 0 Å². The van der Waals surface area contributed by atoms with Gasteiger partial charge in [-0.1, -0.05) is 38.2 Å². The zero-order valence-electron chi connectivity index (χ0n) is 9.58. The summed E-state index contributed by atoms with van der Waals surface area (Å²) in [5, 5.41) is 3.18. The van der Waals surface area contributed by atoms with Crippen molar-refractivity contribution < 1.29 is 4.39 Å². The molecule has 0 unspecified atom stereocenters. The fourth-order valence-electron chi connectivity index (χ4n) is 2.39. The first-order valence-electron chi connectivity index (χ1n) is 6.21. The summed E-state index contributed by atoms with van der Waals surface area (Å²) in [6.07, 6.45) is 8.05. The van der Waals surface area contributed by atoms with E-state index in [0.29, 0.717) is 5.82 Å². The Bertz CT molecular complexity index is 321. The standard InChI is InChI=1S/C13H19FN2/c14-12-7-4-8-13(16-12)15-10-9-11-5-2-1-3-6-11/h4,7-8,11H,1-3,5-6,9-10H2,(H,15,16). The van der Waals surface area contributed by atoms with Gasteiger partial charge >= 0.3 is 0 Å². The van der Waals surface area contributed by atoms with Crippen molar-refractivity contribution in [2.75, 3.05) is 11.9 Å². The van der Waals surface area contributed by atoms with E-state index in [1.807, 2.05) is 6.07 Å². The molecule has 1 aliphatic rings. The maximum absolute atomic E-state index is 12.8. The lowest BCUT2D eigenvalue weighted by Crippen LogP contribution is -2.12. The fraction of sp³-hybridized carbons (Fsp3) is 0.615. The molecule has 88 valence electrons. The summed E-state index contributed by atoms with van der Waals surface area (Å²) in [5.41, 5.74) is 0. The second kappa shape index (κ2) is 5.83. The topological polar surface area (TPSA) is 24.9 Å². The summed E-state index contributed by atoms with van der Waals surface area (Å²) >= 11 is 0. The Hall–Kier alpha value is -1.12. The van der Waals surface area contributed by atoms with Crippen LogP contribution in [0.15, 0.2) is 18.2 Å². The van der Waals surface area contributed by atoms with Crippen molar-refractivity contribution in [2.45, 2.75) is 38.5 Å². The van der Waals surface area contributed by atoms with E-state index in [1.54, 1.807) is 6.07 Å². The smallest absolute Gasteiger partial charge is 0.214 e. The molecule has 3 heteroatoms. The Kier molecular flexibility index (Phi) is 4.14. The number of hydrogen-bond acceptors (Lipinski definition) is 2. The first-order chi connectivity index (χ1) is 7.84. The van der Waals surface area contributed by atoms with Gasteiger partial charge in [0, 0.05) is 6.54 Å². The summed E-state index contributed by atoms with van der Waals surface area (Å²) in [6.45, 7) is 0.904. The van der Waals surface area contributed by atoms with Gasteiger partial charge in [0.25, 0.3) is 0 Å². The first-order valence-corrected chi connectivity index (χ1v) is 6.21. The van der Waals surface area contributed by atoms with Crippen LogP contribution in [0.4, 0.5) is 10.2 Å². The number of nitrogens with zero attached hydrogens (tertiary/aromatic N) is 1. The summed E-state index contributed by atoms with van der Waals surface area (Å²) in [5.74, 6) is 1.09. The van der Waals surface area contributed by atoms with Crippen molar-refractivity contribution in [1.82, 2.24) is 4.98 Å². The van der Waals surface area contributed by atoms with Crippen LogP contribution in [0, 0.1) is 11.9 Å². The zero-order chi connectivity index (χ0) is 11.2. The number of nitrogens with one attached hydrogen (secondary N) is 1. The molecule has 1 aromatic rings.